The van der Waals surface area contributed by atoms with Crippen LogP contribution < -0.4 is 4.74 Å². The molecule has 1 aliphatic rings. The van der Waals surface area contributed by atoms with Gasteiger partial charge in [-0.3, -0.25) is 0 Å². The summed E-state index contributed by atoms with van der Waals surface area (Å²) in [4.78, 5) is 0. The molecule has 2 heteroatoms. The number of halogens is 1. The third-order valence-corrected chi connectivity index (χ3v) is 3.20. The van der Waals surface area contributed by atoms with Gasteiger partial charge in [0.1, 0.15) is 5.75 Å². The molecule has 1 saturated carbocycles. The molecule has 0 radical (unpaired) electrons. The summed E-state index contributed by atoms with van der Waals surface area (Å²) in [5.74, 6) is 1.68. The van der Waals surface area contributed by atoms with Crippen molar-refractivity contribution in [2.75, 3.05) is 0 Å². The predicted molar refractivity (Wildman–Crippen MR) is 57.2 cm³/mol. The van der Waals surface area contributed by atoms with Gasteiger partial charge in [-0.05, 0) is 47.8 Å². The first kappa shape index (κ1) is 9.07. The summed E-state index contributed by atoms with van der Waals surface area (Å²) < 4.78 is 5.71. The maximum Gasteiger partial charge on any atom is 0.156 e. The molecule has 1 atom stereocenters. The van der Waals surface area contributed by atoms with Crippen molar-refractivity contribution >= 4 is 15.9 Å². The molecule has 0 aliphatic heterocycles. The average Bonchev–Trinajstić information content (AvgIpc) is 2.91. The van der Waals surface area contributed by atoms with Gasteiger partial charge < -0.3 is 4.74 Å². The van der Waals surface area contributed by atoms with E-state index in [4.69, 9.17) is 4.74 Å². The quantitative estimate of drug-likeness (QED) is 0.736. The third kappa shape index (κ3) is 2.47. The zero-order valence-electron chi connectivity index (χ0n) is 7.66. The van der Waals surface area contributed by atoms with Gasteiger partial charge in [0, 0.05) is 5.92 Å². The van der Waals surface area contributed by atoms with E-state index in [0.717, 1.165) is 11.7 Å². The molecular formula is C11H13BrO. The van der Waals surface area contributed by atoms with Crippen molar-refractivity contribution in [3.05, 3.63) is 29.8 Å². The smallest absolute Gasteiger partial charge is 0.156 e. The van der Waals surface area contributed by atoms with E-state index in [-0.39, 0.29) is 5.01 Å². The molecule has 0 N–H and O–H groups in total. The maximum absolute atomic E-state index is 5.71. The third-order valence-electron chi connectivity index (χ3n) is 2.26. The van der Waals surface area contributed by atoms with Gasteiger partial charge in [-0.2, -0.15) is 0 Å². The molecule has 1 unspecified atom stereocenters. The number of hydrogen-bond acceptors (Lipinski definition) is 1. The van der Waals surface area contributed by atoms with Crippen molar-refractivity contribution in [1.29, 1.82) is 0 Å². The van der Waals surface area contributed by atoms with Crippen molar-refractivity contribution in [2.24, 2.45) is 5.92 Å². The van der Waals surface area contributed by atoms with Crippen molar-refractivity contribution < 1.29 is 4.74 Å². The summed E-state index contributed by atoms with van der Waals surface area (Å²) in [6.45, 7) is 2.08. The molecule has 0 bridgehead atoms. The van der Waals surface area contributed by atoms with Gasteiger partial charge in [-0.1, -0.05) is 17.7 Å². The topological polar surface area (TPSA) is 9.23 Å². The zero-order chi connectivity index (χ0) is 9.26. The maximum atomic E-state index is 5.71. The summed E-state index contributed by atoms with van der Waals surface area (Å²) in [6, 6.07) is 8.18. The van der Waals surface area contributed by atoms with Gasteiger partial charge in [0.05, 0.1) is 0 Å². The molecule has 0 saturated heterocycles. The minimum atomic E-state index is 0.204. The second-order valence-corrected chi connectivity index (χ2v) is 4.52. The SMILES string of the molecule is Cc1ccc(OC(Br)C2CC2)cc1. The van der Waals surface area contributed by atoms with Gasteiger partial charge in [0.25, 0.3) is 0 Å². The standard InChI is InChI=1S/C11H13BrO/c1-8-2-6-10(7-3-8)13-11(12)9-4-5-9/h2-3,6-7,9,11H,4-5H2,1H3. The Labute approximate surface area is 87.2 Å². The monoisotopic (exact) mass is 240 g/mol. The molecule has 70 valence electrons. The summed E-state index contributed by atoms with van der Waals surface area (Å²) in [5.41, 5.74) is 1.27. The van der Waals surface area contributed by atoms with Crippen molar-refractivity contribution in [1.82, 2.24) is 0 Å². The predicted octanol–water partition coefficient (Wildman–Crippen LogP) is 3.50. The number of ether oxygens (including phenoxy) is 1. The second kappa shape index (κ2) is 3.70. The highest BCUT2D eigenvalue weighted by atomic mass is 79.9. The Bertz CT molecular complexity index is 277. The molecule has 0 heterocycles. The van der Waals surface area contributed by atoms with Crippen LogP contribution in [-0.2, 0) is 0 Å². The van der Waals surface area contributed by atoms with Crippen LogP contribution in [0, 0.1) is 12.8 Å². The van der Waals surface area contributed by atoms with Crippen LogP contribution in [0.2, 0.25) is 0 Å². The largest absolute Gasteiger partial charge is 0.479 e. The number of hydrogen-bond donors (Lipinski definition) is 0. The Morgan fingerprint density at radius 2 is 1.92 bits per heavy atom. The molecule has 13 heavy (non-hydrogen) atoms. The van der Waals surface area contributed by atoms with Crippen molar-refractivity contribution in [3.8, 4) is 5.75 Å². The van der Waals surface area contributed by atoms with Crippen LogP contribution >= 0.6 is 15.9 Å². The van der Waals surface area contributed by atoms with E-state index >= 15 is 0 Å². The van der Waals surface area contributed by atoms with Crippen LogP contribution in [-0.4, -0.2) is 5.01 Å². The van der Waals surface area contributed by atoms with Gasteiger partial charge in [0.2, 0.25) is 0 Å². The van der Waals surface area contributed by atoms with E-state index in [2.05, 4.69) is 35.0 Å². The van der Waals surface area contributed by atoms with Crippen LogP contribution in [0.5, 0.6) is 5.75 Å². The lowest BCUT2D eigenvalue weighted by Crippen LogP contribution is -2.09. The minimum absolute atomic E-state index is 0.204. The van der Waals surface area contributed by atoms with E-state index in [1.54, 1.807) is 0 Å². The lowest BCUT2D eigenvalue weighted by Gasteiger charge is -2.11. The Hall–Kier alpha value is -0.500. The Kier molecular flexibility index (Phi) is 2.58. The summed E-state index contributed by atoms with van der Waals surface area (Å²) in [6.07, 6.45) is 2.59. The van der Waals surface area contributed by atoms with Gasteiger partial charge in [-0.25, -0.2) is 0 Å². The van der Waals surface area contributed by atoms with E-state index in [1.165, 1.54) is 18.4 Å². The molecule has 0 amide bonds. The summed E-state index contributed by atoms with van der Waals surface area (Å²) >= 11 is 3.54. The molecule has 1 aromatic rings. The summed E-state index contributed by atoms with van der Waals surface area (Å²) in [5, 5.41) is 0.204. The fourth-order valence-electron chi connectivity index (χ4n) is 1.20. The van der Waals surface area contributed by atoms with Crippen LogP contribution in [0.4, 0.5) is 0 Å². The second-order valence-electron chi connectivity index (χ2n) is 3.62. The average molecular weight is 241 g/mol. The fourth-order valence-corrected chi connectivity index (χ4v) is 1.95. The molecule has 0 spiro atoms. The first-order valence-electron chi connectivity index (χ1n) is 4.63. The Morgan fingerprint density at radius 1 is 1.31 bits per heavy atom. The van der Waals surface area contributed by atoms with Crippen LogP contribution in [0.15, 0.2) is 24.3 Å². The fraction of sp³-hybridized carbons (Fsp3) is 0.455. The van der Waals surface area contributed by atoms with Crippen molar-refractivity contribution in [2.45, 2.75) is 24.8 Å². The molecule has 1 nitrogen and oxygen atoms in total. The first-order valence-corrected chi connectivity index (χ1v) is 5.54. The number of aryl methyl sites for hydroxylation is 1. The van der Waals surface area contributed by atoms with E-state index in [0.29, 0.717) is 0 Å². The van der Waals surface area contributed by atoms with Crippen LogP contribution in [0.3, 0.4) is 0 Å². The molecule has 1 fully saturated rings. The Morgan fingerprint density at radius 3 is 2.46 bits per heavy atom. The number of rotatable bonds is 3. The van der Waals surface area contributed by atoms with Gasteiger partial charge >= 0.3 is 0 Å². The van der Waals surface area contributed by atoms with E-state index in [1.807, 2.05) is 12.1 Å². The number of benzene rings is 1. The first-order chi connectivity index (χ1) is 6.25. The highest BCUT2D eigenvalue weighted by molar-refractivity contribution is 9.09. The highest BCUT2D eigenvalue weighted by Gasteiger charge is 2.30. The van der Waals surface area contributed by atoms with Gasteiger partial charge in [-0.15, -0.1) is 0 Å². The van der Waals surface area contributed by atoms with Gasteiger partial charge in [0.15, 0.2) is 5.01 Å². The van der Waals surface area contributed by atoms with Crippen molar-refractivity contribution in [3.63, 3.8) is 0 Å². The molecule has 1 aromatic carbocycles. The molecule has 2 rings (SSSR count). The van der Waals surface area contributed by atoms with E-state index < -0.39 is 0 Å². The zero-order valence-corrected chi connectivity index (χ0v) is 9.25. The lowest BCUT2D eigenvalue weighted by molar-refractivity contribution is 0.272. The van der Waals surface area contributed by atoms with Crippen LogP contribution in [0.1, 0.15) is 18.4 Å². The lowest BCUT2D eigenvalue weighted by atomic mass is 10.2. The molecule has 1 aliphatic carbocycles. The highest BCUT2D eigenvalue weighted by Crippen LogP contribution is 2.37. The summed E-state index contributed by atoms with van der Waals surface area (Å²) in [7, 11) is 0. The normalized spacial score (nSPS) is 18.3. The van der Waals surface area contributed by atoms with Crippen LogP contribution in [0.25, 0.3) is 0 Å². The van der Waals surface area contributed by atoms with E-state index in [9.17, 15) is 0 Å². The molecule has 0 aromatic heterocycles. The Balaban J connectivity index is 1.96. The number of alkyl halides is 1. The molecular weight excluding hydrogens is 228 g/mol. The minimum Gasteiger partial charge on any atom is -0.479 e.